The van der Waals surface area contributed by atoms with Crippen LogP contribution < -0.4 is 4.90 Å². The molecule has 1 atom stereocenters. The molecule has 4 aromatic rings. The quantitative estimate of drug-likeness (QED) is 0.317. The summed E-state index contributed by atoms with van der Waals surface area (Å²) in [5, 5.41) is 5.69. The lowest BCUT2D eigenvalue weighted by atomic mass is 10.1. The molecule has 0 bridgehead atoms. The van der Waals surface area contributed by atoms with Crippen LogP contribution in [0.3, 0.4) is 0 Å². The van der Waals surface area contributed by atoms with E-state index in [0.717, 1.165) is 58.9 Å². The van der Waals surface area contributed by atoms with Gasteiger partial charge < -0.3 is 9.80 Å². The van der Waals surface area contributed by atoms with Crippen LogP contribution in [-0.4, -0.2) is 56.7 Å². The van der Waals surface area contributed by atoms with Gasteiger partial charge in [0, 0.05) is 37.7 Å². The Morgan fingerprint density at radius 1 is 0.974 bits per heavy atom. The molecule has 1 amide bonds. The molecule has 2 aromatic carbocycles. The molecule has 0 N–H and O–H groups in total. The summed E-state index contributed by atoms with van der Waals surface area (Å²) in [6.07, 6.45) is 2.97. The minimum Gasteiger partial charge on any atom is -0.352 e. The van der Waals surface area contributed by atoms with Gasteiger partial charge in [0.2, 0.25) is 0 Å². The van der Waals surface area contributed by atoms with Crippen molar-refractivity contribution < 1.29 is 9.18 Å². The van der Waals surface area contributed by atoms with Crippen molar-refractivity contribution in [1.29, 1.82) is 0 Å². The molecule has 1 saturated heterocycles. The summed E-state index contributed by atoms with van der Waals surface area (Å²) in [5.41, 5.74) is 4.26. The minimum absolute atomic E-state index is 0.0673. The van der Waals surface area contributed by atoms with Gasteiger partial charge in [-0.3, -0.25) is 4.79 Å². The molecule has 38 heavy (non-hydrogen) atoms. The first-order valence-electron chi connectivity index (χ1n) is 13.6. The van der Waals surface area contributed by atoms with E-state index >= 15 is 0 Å². The number of anilines is 1. The maximum atomic E-state index is 13.6. The van der Waals surface area contributed by atoms with Gasteiger partial charge in [0.15, 0.2) is 5.65 Å². The Kier molecular flexibility index (Phi) is 7.40. The molecule has 0 radical (unpaired) electrons. The van der Waals surface area contributed by atoms with Gasteiger partial charge in [-0.15, -0.1) is 0 Å². The number of benzene rings is 2. The maximum absolute atomic E-state index is 13.6. The third-order valence-electron chi connectivity index (χ3n) is 7.41. The fraction of sp³-hybridized carbons (Fsp3) is 0.400. The predicted molar refractivity (Wildman–Crippen MR) is 149 cm³/mol. The van der Waals surface area contributed by atoms with Crippen molar-refractivity contribution in [3.05, 3.63) is 77.0 Å². The molecular formula is C30H35FN6O. The Labute approximate surface area is 223 Å². The predicted octanol–water partition coefficient (Wildman–Crippen LogP) is 5.69. The third-order valence-corrected chi connectivity index (χ3v) is 7.41. The Bertz CT molecular complexity index is 1420. The van der Waals surface area contributed by atoms with E-state index in [2.05, 4.69) is 25.7 Å². The second kappa shape index (κ2) is 10.9. The molecule has 7 nitrogen and oxygen atoms in total. The van der Waals surface area contributed by atoms with E-state index in [9.17, 15) is 9.18 Å². The average molecular weight is 515 g/mol. The summed E-state index contributed by atoms with van der Waals surface area (Å²) >= 11 is 0. The highest BCUT2D eigenvalue weighted by atomic mass is 19.1. The van der Waals surface area contributed by atoms with Crippen molar-refractivity contribution in [2.45, 2.75) is 52.9 Å². The van der Waals surface area contributed by atoms with Gasteiger partial charge in [-0.1, -0.05) is 39.3 Å². The molecule has 198 valence electrons. The molecule has 0 aliphatic carbocycles. The van der Waals surface area contributed by atoms with Gasteiger partial charge >= 0.3 is 0 Å². The van der Waals surface area contributed by atoms with Gasteiger partial charge in [-0.25, -0.2) is 19.0 Å². The Morgan fingerprint density at radius 2 is 1.66 bits per heavy atom. The SMILES string of the molecule is CCC[C@H](C)c1nc(N2CCN(C(=O)c3ccc(CC)cc3)CC2)c2c(C)nn(-c3ccc(F)cc3)c2n1. The molecule has 0 unspecified atom stereocenters. The van der Waals surface area contributed by atoms with Crippen LogP contribution in [0.2, 0.25) is 0 Å². The molecule has 1 fully saturated rings. The third kappa shape index (κ3) is 4.99. The van der Waals surface area contributed by atoms with Gasteiger partial charge in [-0.05, 0) is 61.7 Å². The van der Waals surface area contributed by atoms with E-state index in [4.69, 9.17) is 15.1 Å². The molecule has 2 aromatic heterocycles. The average Bonchev–Trinajstić information content (AvgIpc) is 3.29. The van der Waals surface area contributed by atoms with Gasteiger partial charge in [0.05, 0.1) is 16.8 Å². The fourth-order valence-electron chi connectivity index (χ4n) is 5.14. The second-order valence-corrected chi connectivity index (χ2v) is 10.1. The summed E-state index contributed by atoms with van der Waals surface area (Å²) in [6.45, 7) is 11.0. The number of aryl methyl sites for hydroxylation is 2. The Balaban J connectivity index is 1.47. The Hall–Kier alpha value is -3.81. The molecule has 3 heterocycles. The molecular weight excluding hydrogens is 479 g/mol. The van der Waals surface area contributed by atoms with Crippen LogP contribution in [0.1, 0.15) is 67.0 Å². The summed E-state index contributed by atoms with van der Waals surface area (Å²) in [7, 11) is 0. The number of piperazine rings is 1. The lowest BCUT2D eigenvalue weighted by molar-refractivity contribution is 0.0746. The van der Waals surface area contributed by atoms with Crippen molar-refractivity contribution in [2.24, 2.45) is 0 Å². The molecule has 1 aliphatic heterocycles. The number of rotatable bonds is 7. The van der Waals surface area contributed by atoms with Crippen LogP contribution >= 0.6 is 0 Å². The molecule has 5 rings (SSSR count). The summed E-state index contributed by atoms with van der Waals surface area (Å²) in [5.74, 6) is 1.61. The van der Waals surface area contributed by atoms with Crippen molar-refractivity contribution in [3.63, 3.8) is 0 Å². The van der Waals surface area contributed by atoms with Crippen molar-refractivity contribution >= 4 is 22.8 Å². The van der Waals surface area contributed by atoms with Crippen LogP contribution in [0, 0.1) is 12.7 Å². The van der Waals surface area contributed by atoms with E-state index in [1.165, 1.54) is 17.7 Å². The Morgan fingerprint density at radius 3 is 2.29 bits per heavy atom. The van der Waals surface area contributed by atoms with E-state index in [1.807, 2.05) is 36.1 Å². The van der Waals surface area contributed by atoms with Gasteiger partial charge in [-0.2, -0.15) is 5.10 Å². The van der Waals surface area contributed by atoms with Crippen LogP contribution in [-0.2, 0) is 6.42 Å². The van der Waals surface area contributed by atoms with Gasteiger partial charge in [0.1, 0.15) is 17.5 Å². The number of carbonyl (C=O) groups excluding carboxylic acids is 1. The highest BCUT2D eigenvalue weighted by Crippen LogP contribution is 2.32. The zero-order chi connectivity index (χ0) is 26.8. The largest absolute Gasteiger partial charge is 0.352 e. The summed E-state index contributed by atoms with van der Waals surface area (Å²) in [4.78, 5) is 27.4. The molecule has 8 heteroatoms. The lowest BCUT2D eigenvalue weighted by Crippen LogP contribution is -2.49. The monoisotopic (exact) mass is 514 g/mol. The number of amides is 1. The zero-order valence-electron chi connectivity index (χ0n) is 22.6. The first kappa shape index (κ1) is 25.8. The van der Waals surface area contributed by atoms with E-state index < -0.39 is 0 Å². The van der Waals surface area contributed by atoms with Crippen molar-refractivity contribution in [2.75, 3.05) is 31.1 Å². The highest BCUT2D eigenvalue weighted by Gasteiger charge is 2.27. The highest BCUT2D eigenvalue weighted by molar-refractivity contribution is 5.95. The van der Waals surface area contributed by atoms with E-state index in [0.29, 0.717) is 26.2 Å². The smallest absolute Gasteiger partial charge is 0.253 e. The van der Waals surface area contributed by atoms with E-state index in [-0.39, 0.29) is 17.6 Å². The summed E-state index contributed by atoms with van der Waals surface area (Å²) < 4.78 is 15.4. The number of halogens is 1. The fourth-order valence-corrected chi connectivity index (χ4v) is 5.14. The zero-order valence-corrected chi connectivity index (χ0v) is 22.6. The first-order valence-corrected chi connectivity index (χ1v) is 13.6. The van der Waals surface area contributed by atoms with Crippen LogP contribution in [0.25, 0.3) is 16.7 Å². The number of fused-ring (bicyclic) bond motifs is 1. The number of hydrogen-bond acceptors (Lipinski definition) is 5. The van der Waals surface area contributed by atoms with Crippen LogP contribution in [0.5, 0.6) is 0 Å². The standard InChI is InChI=1S/C30H35FN6O/c1-5-7-20(3)27-32-28(26-21(4)34-37(29(26)33-27)25-14-12-24(31)13-15-25)35-16-18-36(19-17-35)30(38)23-10-8-22(6-2)9-11-23/h8-15,20H,5-7,16-19H2,1-4H3/t20-/m0/s1. The molecule has 0 saturated carbocycles. The lowest BCUT2D eigenvalue weighted by Gasteiger charge is -2.36. The van der Waals surface area contributed by atoms with Gasteiger partial charge in [0.25, 0.3) is 5.91 Å². The van der Waals surface area contributed by atoms with Crippen LogP contribution in [0.15, 0.2) is 48.5 Å². The molecule has 1 aliphatic rings. The van der Waals surface area contributed by atoms with Crippen molar-refractivity contribution in [1.82, 2.24) is 24.6 Å². The number of aromatic nitrogens is 4. The molecule has 0 spiro atoms. The normalized spacial score (nSPS) is 14.8. The first-order chi connectivity index (χ1) is 18.4. The summed E-state index contributed by atoms with van der Waals surface area (Å²) in [6, 6.07) is 14.2. The number of nitrogens with zero attached hydrogens (tertiary/aromatic N) is 6. The van der Waals surface area contributed by atoms with Crippen LogP contribution in [0.4, 0.5) is 10.2 Å². The number of carbonyl (C=O) groups is 1. The van der Waals surface area contributed by atoms with Crippen molar-refractivity contribution in [3.8, 4) is 5.69 Å². The second-order valence-electron chi connectivity index (χ2n) is 10.1. The number of hydrogen-bond donors (Lipinski definition) is 0. The minimum atomic E-state index is -0.289. The van der Waals surface area contributed by atoms with E-state index in [1.54, 1.807) is 16.8 Å². The maximum Gasteiger partial charge on any atom is 0.253 e. The topological polar surface area (TPSA) is 67.2 Å².